The number of imide groups is 2. The molecule has 0 fully saturated rings. The Labute approximate surface area is 149 Å². The number of urea groups is 1. The summed E-state index contributed by atoms with van der Waals surface area (Å²) in [5.74, 6) is -2.47. The van der Waals surface area contributed by atoms with Crippen LogP contribution in [0.4, 0.5) is 4.79 Å². The topological polar surface area (TPSA) is 122 Å². The van der Waals surface area contributed by atoms with Crippen molar-refractivity contribution < 1.29 is 28.7 Å². The Morgan fingerprint density at radius 1 is 1.08 bits per heavy atom. The normalized spacial score (nSPS) is 12.6. The molecule has 9 heteroatoms. The Morgan fingerprint density at radius 2 is 1.69 bits per heavy atom. The van der Waals surface area contributed by atoms with E-state index in [4.69, 9.17) is 4.74 Å². The second kappa shape index (κ2) is 8.75. The lowest BCUT2D eigenvalue weighted by Crippen LogP contribution is -2.41. The molecule has 0 radical (unpaired) electrons. The fraction of sp³-hybridized carbons (Fsp3) is 0.353. The number of hydrogen-bond donors (Lipinski definition) is 2. The highest BCUT2D eigenvalue weighted by atomic mass is 16.5. The van der Waals surface area contributed by atoms with E-state index in [-0.39, 0.29) is 13.0 Å². The molecule has 1 aliphatic heterocycles. The Hall–Kier alpha value is -3.23. The first-order valence-electron chi connectivity index (χ1n) is 8.12. The van der Waals surface area contributed by atoms with Gasteiger partial charge in [0.25, 0.3) is 17.7 Å². The fourth-order valence-corrected chi connectivity index (χ4v) is 2.31. The highest BCUT2D eigenvalue weighted by Crippen LogP contribution is 2.22. The van der Waals surface area contributed by atoms with E-state index < -0.39 is 36.3 Å². The smallest absolute Gasteiger partial charge is 0.321 e. The Morgan fingerprint density at radius 3 is 2.27 bits per heavy atom. The van der Waals surface area contributed by atoms with Gasteiger partial charge >= 0.3 is 12.0 Å². The zero-order valence-corrected chi connectivity index (χ0v) is 14.2. The van der Waals surface area contributed by atoms with Gasteiger partial charge in [0, 0.05) is 13.1 Å². The molecular weight excluding hydrogens is 342 g/mol. The van der Waals surface area contributed by atoms with Crippen LogP contribution in [0.5, 0.6) is 0 Å². The SMILES string of the molecule is CCCNC(=O)NC(=O)COC(=O)CCN1C(=O)c2ccccc2C1=O. The van der Waals surface area contributed by atoms with Crippen LogP contribution in [0, 0.1) is 0 Å². The molecule has 0 saturated heterocycles. The van der Waals surface area contributed by atoms with Crippen LogP contribution in [-0.4, -0.2) is 54.3 Å². The van der Waals surface area contributed by atoms with Gasteiger partial charge < -0.3 is 10.1 Å². The third kappa shape index (κ3) is 4.65. The molecule has 1 aromatic rings. The number of nitrogens with zero attached hydrogens (tertiary/aromatic N) is 1. The predicted octanol–water partition coefficient (Wildman–Crippen LogP) is 0.452. The first-order chi connectivity index (χ1) is 12.4. The van der Waals surface area contributed by atoms with Gasteiger partial charge in [-0.15, -0.1) is 0 Å². The maximum absolute atomic E-state index is 12.1. The molecule has 138 valence electrons. The largest absolute Gasteiger partial charge is 0.456 e. The molecule has 0 unspecified atom stereocenters. The van der Waals surface area contributed by atoms with Crippen molar-refractivity contribution in [1.29, 1.82) is 0 Å². The summed E-state index contributed by atoms with van der Waals surface area (Å²) in [5.41, 5.74) is 0.590. The fourth-order valence-electron chi connectivity index (χ4n) is 2.31. The minimum absolute atomic E-state index is 0.149. The van der Waals surface area contributed by atoms with Gasteiger partial charge in [-0.25, -0.2) is 4.79 Å². The third-order valence-electron chi connectivity index (χ3n) is 3.57. The van der Waals surface area contributed by atoms with Crippen LogP contribution >= 0.6 is 0 Å². The summed E-state index contributed by atoms with van der Waals surface area (Å²) in [6, 6.07) is 5.72. The van der Waals surface area contributed by atoms with Crippen molar-refractivity contribution in [2.45, 2.75) is 19.8 Å². The van der Waals surface area contributed by atoms with Crippen molar-refractivity contribution in [3.8, 4) is 0 Å². The number of carbonyl (C=O) groups is 5. The van der Waals surface area contributed by atoms with Crippen LogP contribution in [0.25, 0.3) is 0 Å². The standard InChI is InChI=1S/C17H19N3O6/c1-2-8-18-17(25)19-13(21)10-26-14(22)7-9-20-15(23)11-5-3-4-6-12(11)16(20)24/h3-6H,2,7-10H2,1H3,(H2,18,19,21,25). The quantitative estimate of drug-likeness (QED) is 0.537. The lowest BCUT2D eigenvalue weighted by molar-refractivity contribution is -0.148. The van der Waals surface area contributed by atoms with Crippen molar-refractivity contribution in [3.63, 3.8) is 0 Å². The van der Waals surface area contributed by atoms with Gasteiger partial charge in [0.1, 0.15) is 0 Å². The minimum atomic E-state index is -0.771. The van der Waals surface area contributed by atoms with E-state index in [9.17, 15) is 24.0 Å². The molecule has 0 aromatic heterocycles. The summed E-state index contributed by atoms with van der Waals surface area (Å²) in [4.78, 5) is 59.7. The van der Waals surface area contributed by atoms with Gasteiger partial charge in [0.15, 0.2) is 6.61 Å². The molecule has 2 rings (SSSR count). The van der Waals surface area contributed by atoms with Gasteiger partial charge in [-0.1, -0.05) is 19.1 Å². The number of amides is 5. The van der Waals surface area contributed by atoms with E-state index in [0.717, 1.165) is 4.90 Å². The number of esters is 1. The zero-order valence-electron chi connectivity index (χ0n) is 14.2. The van der Waals surface area contributed by atoms with Crippen LogP contribution in [-0.2, 0) is 14.3 Å². The van der Waals surface area contributed by atoms with E-state index >= 15 is 0 Å². The lowest BCUT2D eigenvalue weighted by atomic mass is 10.1. The summed E-state index contributed by atoms with van der Waals surface area (Å²) in [6.45, 7) is 1.50. The van der Waals surface area contributed by atoms with Crippen LogP contribution in [0.2, 0.25) is 0 Å². The van der Waals surface area contributed by atoms with Crippen LogP contribution in [0.15, 0.2) is 24.3 Å². The Bertz CT molecular complexity index is 711. The highest BCUT2D eigenvalue weighted by molar-refractivity contribution is 6.21. The molecule has 0 saturated carbocycles. The van der Waals surface area contributed by atoms with Gasteiger partial charge in [-0.2, -0.15) is 0 Å². The molecule has 1 aliphatic rings. The summed E-state index contributed by atoms with van der Waals surface area (Å²) < 4.78 is 4.74. The van der Waals surface area contributed by atoms with E-state index in [0.29, 0.717) is 24.1 Å². The van der Waals surface area contributed by atoms with Crippen molar-refractivity contribution >= 4 is 29.7 Å². The summed E-state index contributed by atoms with van der Waals surface area (Å²) in [5, 5.41) is 4.45. The predicted molar refractivity (Wildman–Crippen MR) is 89.2 cm³/mol. The molecule has 2 N–H and O–H groups in total. The highest BCUT2D eigenvalue weighted by Gasteiger charge is 2.35. The molecule has 0 atom stereocenters. The number of fused-ring (bicyclic) bond motifs is 1. The number of ether oxygens (including phenoxy) is 1. The molecule has 5 amide bonds. The lowest BCUT2D eigenvalue weighted by Gasteiger charge is -2.13. The first kappa shape index (κ1) is 19.1. The van der Waals surface area contributed by atoms with Crippen molar-refractivity contribution in [3.05, 3.63) is 35.4 Å². The molecule has 0 bridgehead atoms. The molecular formula is C17H19N3O6. The van der Waals surface area contributed by atoms with Crippen LogP contribution in [0.3, 0.4) is 0 Å². The molecule has 0 spiro atoms. The number of benzene rings is 1. The summed E-state index contributed by atoms with van der Waals surface area (Å²) in [6.07, 6.45) is 0.467. The summed E-state index contributed by atoms with van der Waals surface area (Å²) in [7, 11) is 0. The molecule has 9 nitrogen and oxygen atoms in total. The molecule has 1 aromatic carbocycles. The maximum Gasteiger partial charge on any atom is 0.321 e. The monoisotopic (exact) mass is 361 g/mol. The molecule has 1 heterocycles. The Balaban J connectivity index is 1.74. The number of rotatable bonds is 7. The van der Waals surface area contributed by atoms with E-state index in [1.54, 1.807) is 24.3 Å². The van der Waals surface area contributed by atoms with Gasteiger partial charge in [-0.3, -0.25) is 29.4 Å². The molecule has 26 heavy (non-hydrogen) atoms. The second-order valence-electron chi connectivity index (χ2n) is 5.52. The first-order valence-corrected chi connectivity index (χ1v) is 8.12. The van der Waals surface area contributed by atoms with Crippen LogP contribution in [0.1, 0.15) is 40.5 Å². The van der Waals surface area contributed by atoms with E-state index in [1.165, 1.54) is 0 Å². The number of carbonyl (C=O) groups excluding carboxylic acids is 5. The van der Waals surface area contributed by atoms with Gasteiger partial charge in [-0.05, 0) is 18.6 Å². The third-order valence-corrected chi connectivity index (χ3v) is 3.57. The summed E-state index contributed by atoms with van der Waals surface area (Å²) >= 11 is 0. The van der Waals surface area contributed by atoms with Crippen molar-refractivity contribution in [1.82, 2.24) is 15.5 Å². The van der Waals surface area contributed by atoms with Crippen molar-refractivity contribution in [2.24, 2.45) is 0 Å². The molecule has 0 aliphatic carbocycles. The van der Waals surface area contributed by atoms with Gasteiger partial charge in [0.05, 0.1) is 17.5 Å². The van der Waals surface area contributed by atoms with Crippen LogP contribution < -0.4 is 10.6 Å². The Kier molecular flexibility index (Phi) is 6.42. The average molecular weight is 361 g/mol. The van der Waals surface area contributed by atoms with Crippen molar-refractivity contribution in [2.75, 3.05) is 19.7 Å². The number of nitrogens with one attached hydrogen (secondary N) is 2. The second-order valence-corrected chi connectivity index (χ2v) is 5.52. The average Bonchev–Trinajstić information content (AvgIpc) is 2.87. The maximum atomic E-state index is 12.1. The van der Waals surface area contributed by atoms with E-state index in [1.807, 2.05) is 12.2 Å². The number of hydrogen-bond acceptors (Lipinski definition) is 6. The van der Waals surface area contributed by atoms with E-state index in [2.05, 4.69) is 5.32 Å². The van der Waals surface area contributed by atoms with Gasteiger partial charge in [0.2, 0.25) is 0 Å². The minimum Gasteiger partial charge on any atom is -0.456 e. The zero-order chi connectivity index (χ0) is 19.1.